The van der Waals surface area contributed by atoms with Gasteiger partial charge in [0, 0.05) is 12.1 Å². The number of benzene rings is 2. The van der Waals surface area contributed by atoms with Gasteiger partial charge in [-0.15, -0.1) is 0 Å². The third kappa shape index (κ3) is 4.42. The standard InChI is InChI=1S/C16H16N2O7S/c1-25-16(20)15(19)14(11-5-3-2-4-6-11)17-26(23,24)13-9-7-12(8-10-13)18(21)22/h2-10,14-15,17,19H,1H3/t14-,15+/m0/s1. The van der Waals surface area contributed by atoms with Crippen LogP contribution in [0.3, 0.4) is 0 Å². The molecule has 0 aliphatic heterocycles. The predicted molar refractivity (Wildman–Crippen MR) is 90.6 cm³/mol. The molecule has 0 unspecified atom stereocenters. The number of non-ortho nitro benzene ring substituents is 1. The number of nitro groups is 1. The van der Waals surface area contributed by atoms with Crippen LogP contribution in [0, 0.1) is 10.1 Å². The topological polar surface area (TPSA) is 136 Å². The number of nitrogens with zero attached hydrogens (tertiary/aromatic N) is 1. The summed E-state index contributed by atoms with van der Waals surface area (Å²) in [5.41, 5.74) is 0.0778. The van der Waals surface area contributed by atoms with Crippen LogP contribution in [0.2, 0.25) is 0 Å². The van der Waals surface area contributed by atoms with Gasteiger partial charge in [-0.3, -0.25) is 10.1 Å². The average molecular weight is 380 g/mol. The third-order valence-corrected chi connectivity index (χ3v) is 5.01. The molecule has 0 amide bonds. The summed E-state index contributed by atoms with van der Waals surface area (Å²) in [5, 5.41) is 20.8. The van der Waals surface area contributed by atoms with Crippen molar-refractivity contribution in [2.45, 2.75) is 17.0 Å². The summed E-state index contributed by atoms with van der Waals surface area (Å²) in [6, 6.07) is 10.9. The molecule has 0 radical (unpaired) electrons. The Bertz CT molecular complexity index is 883. The van der Waals surface area contributed by atoms with Crippen LogP contribution in [-0.2, 0) is 19.6 Å². The number of ether oxygens (including phenoxy) is 1. The zero-order valence-corrected chi connectivity index (χ0v) is 14.4. The summed E-state index contributed by atoms with van der Waals surface area (Å²) in [7, 11) is -3.11. The number of aliphatic hydroxyl groups is 1. The monoisotopic (exact) mass is 380 g/mol. The van der Waals surface area contributed by atoms with E-state index in [1.54, 1.807) is 18.2 Å². The molecule has 9 nitrogen and oxygen atoms in total. The highest BCUT2D eigenvalue weighted by atomic mass is 32.2. The van der Waals surface area contributed by atoms with Crippen LogP contribution in [-0.4, -0.2) is 37.6 Å². The Balaban J connectivity index is 2.37. The zero-order chi connectivity index (χ0) is 19.3. The van der Waals surface area contributed by atoms with Crippen molar-refractivity contribution < 1.29 is 28.0 Å². The Kier molecular flexibility index (Phi) is 6.03. The largest absolute Gasteiger partial charge is 0.467 e. The lowest BCUT2D eigenvalue weighted by molar-refractivity contribution is -0.384. The van der Waals surface area contributed by atoms with Crippen LogP contribution in [0.15, 0.2) is 59.5 Å². The van der Waals surface area contributed by atoms with Gasteiger partial charge >= 0.3 is 5.97 Å². The minimum atomic E-state index is -4.18. The highest BCUT2D eigenvalue weighted by Crippen LogP contribution is 2.22. The highest BCUT2D eigenvalue weighted by molar-refractivity contribution is 7.89. The van der Waals surface area contributed by atoms with E-state index >= 15 is 0 Å². The number of carbonyl (C=O) groups is 1. The van der Waals surface area contributed by atoms with E-state index in [2.05, 4.69) is 9.46 Å². The molecule has 10 heteroatoms. The number of rotatable bonds is 7. The molecule has 138 valence electrons. The summed E-state index contributed by atoms with van der Waals surface area (Å²) in [5.74, 6) is -1.01. The lowest BCUT2D eigenvalue weighted by atomic mass is 10.0. The Hall–Kier alpha value is -2.82. The van der Waals surface area contributed by atoms with Crippen LogP contribution in [0.5, 0.6) is 0 Å². The lowest BCUT2D eigenvalue weighted by Crippen LogP contribution is -2.40. The summed E-state index contributed by atoms with van der Waals surface area (Å²) in [6.07, 6.45) is -1.78. The van der Waals surface area contributed by atoms with Gasteiger partial charge in [-0.25, -0.2) is 17.9 Å². The fourth-order valence-corrected chi connectivity index (χ4v) is 3.44. The summed E-state index contributed by atoms with van der Waals surface area (Å²) in [4.78, 5) is 21.5. The number of sulfonamides is 1. The van der Waals surface area contributed by atoms with Crippen molar-refractivity contribution in [3.8, 4) is 0 Å². The molecule has 0 bridgehead atoms. The molecule has 0 aliphatic rings. The molecular weight excluding hydrogens is 364 g/mol. The number of carbonyl (C=O) groups excluding carboxylic acids is 1. The molecular formula is C16H16N2O7S. The zero-order valence-electron chi connectivity index (χ0n) is 13.6. The predicted octanol–water partition coefficient (Wildman–Crippen LogP) is 1.15. The van der Waals surface area contributed by atoms with E-state index < -0.39 is 33.1 Å². The fourth-order valence-electron chi connectivity index (χ4n) is 2.21. The van der Waals surface area contributed by atoms with Crippen LogP contribution >= 0.6 is 0 Å². The maximum atomic E-state index is 12.6. The molecule has 0 aromatic heterocycles. The maximum absolute atomic E-state index is 12.6. The summed E-state index contributed by atoms with van der Waals surface area (Å²) in [6.45, 7) is 0. The van der Waals surface area contributed by atoms with Crippen LogP contribution in [0.1, 0.15) is 11.6 Å². The quantitative estimate of drug-likeness (QED) is 0.418. The van der Waals surface area contributed by atoms with Gasteiger partial charge in [0.2, 0.25) is 10.0 Å². The summed E-state index contributed by atoms with van der Waals surface area (Å²) >= 11 is 0. The second-order valence-electron chi connectivity index (χ2n) is 5.23. The van der Waals surface area contributed by atoms with E-state index in [1.807, 2.05) is 0 Å². The van der Waals surface area contributed by atoms with Crippen molar-refractivity contribution in [1.82, 2.24) is 4.72 Å². The first kappa shape index (κ1) is 19.5. The minimum Gasteiger partial charge on any atom is -0.467 e. The Morgan fingerprint density at radius 3 is 2.23 bits per heavy atom. The molecule has 0 saturated carbocycles. The van der Waals surface area contributed by atoms with Gasteiger partial charge in [0.05, 0.1) is 23.0 Å². The molecule has 2 N–H and O–H groups in total. The van der Waals surface area contributed by atoms with Crippen LogP contribution in [0.25, 0.3) is 0 Å². The van der Waals surface area contributed by atoms with Gasteiger partial charge in [-0.1, -0.05) is 30.3 Å². The fraction of sp³-hybridized carbons (Fsp3) is 0.188. The first-order valence-electron chi connectivity index (χ1n) is 7.34. The molecule has 0 fully saturated rings. The number of esters is 1. The van der Waals surface area contributed by atoms with Crippen LogP contribution in [0.4, 0.5) is 5.69 Å². The van der Waals surface area contributed by atoms with Gasteiger partial charge in [0.15, 0.2) is 6.10 Å². The van der Waals surface area contributed by atoms with Gasteiger partial charge < -0.3 is 9.84 Å². The first-order valence-corrected chi connectivity index (χ1v) is 8.82. The average Bonchev–Trinajstić information content (AvgIpc) is 2.65. The van der Waals surface area contributed by atoms with E-state index in [0.29, 0.717) is 5.56 Å². The molecule has 0 spiro atoms. The second kappa shape index (κ2) is 8.04. The van der Waals surface area contributed by atoms with Crippen molar-refractivity contribution in [3.05, 3.63) is 70.3 Å². The van der Waals surface area contributed by atoms with Crippen molar-refractivity contribution >= 4 is 21.7 Å². The third-order valence-electron chi connectivity index (χ3n) is 3.56. The van der Waals surface area contributed by atoms with Crippen molar-refractivity contribution in [3.63, 3.8) is 0 Å². The minimum absolute atomic E-state index is 0.249. The normalized spacial score (nSPS) is 13.6. The second-order valence-corrected chi connectivity index (χ2v) is 6.94. The van der Waals surface area contributed by atoms with Gasteiger partial charge in [0.25, 0.3) is 5.69 Å². The van der Waals surface area contributed by atoms with Crippen molar-refractivity contribution in [2.24, 2.45) is 0 Å². The number of hydrogen-bond donors (Lipinski definition) is 2. The SMILES string of the molecule is COC(=O)[C@H](O)[C@@H](NS(=O)(=O)c1ccc([N+](=O)[O-])cc1)c1ccccc1. The number of nitrogens with one attached hydrogen (secondary N) is 1. The molecule has 2 rings (SSSR count). The molecule has 0 aliphatic carbocycles. The Labute approximate surface area is 149 Å². The summed E-state index contributed by atoms with van der Waals surface area (Å²) < 4.78 is 31.9. The smallest absolute Gasteiger partial charge is 0.336 e. The number of aliphatic hydroxyl groups excluding tert-OH is 1. The highest BCUT2D eigenvalue weighted by Gasteiger charge is 2.32. The Morgan fingerprint density at radius 1 is 1.15 bits per heavy atom. The molecule has 26 heavy (non-hydrogen) atoms. The van der Waals surface area contributed by atoms with Crippen LogP contribution < -0.4 is 4.72 Å². The maximum Gasteiger partial charge on any atom is 0.336 e. The molecule has 0 heterocycles. The van der Waals surface area contributed by atoms with Gasteiger partial charge in [-0.2, -0.15) is 0 Å². The Morgan fingerprint density at radius 2 is 1.73 bits per heavy atom. The van der Waals surface area contributed by atoms with Gasteiger partial charge in [-0.05, 0) is 17.7 Å². The van der Waals surface area contributed by atoms with Crippen molar-refractivity contribution in [2.75, 3.05) is 7.11 Å². The first-order chi connectivity index (χ1) is 12.3. The molecule has 0 saturated heterocycles. The van der Waals surface area contributed by atoms with E-state index in [-0.39, 0.29) is 10.6 Å². The molecule has 2 aromatic rings. The lowest BCUT2D eigenvalue weighted by Gasteiger charge is -2.22. The number of nitro benzene ring substituents is 1. The van der Waals surface area contributed by atoms with E-state index in [4.69, 9.17) is 0 Å². The molecule has 2 atom stereocenters. The molecule has 2 aromatic carbocycles. The number of methoxy groups -OCH3 is 1. The van der Waals surface area contributed by atoms with Gasteiger partial charge in [0.1, 0.15) is 0 Å². The van der Waals surface area contributed by atoms with E-state index in [9.17, 15) is 28.4 Å². The van der Waals surface area contributed by atoms with E-state index in [0.717, 1.165) is 31.4 Å². The van der Waals surface area contributed by atoms with Crippen molar-refractivity contribution in [1.29, 1.82) is 0 Å². The number of hydrogen-bond acceptors (Lipinski definition) is 7. The van der Waals surface area contributed by atoms with E-state index in [1.165, 1.54) is 12.1 Å².